The van der Waals surface area contributed by atoms with Crippen LogP contribution in [-0.2, 0) is 14.8 Å². The standard InChI is InChI=1S/C19H25ClFN3O4S/c1-2-29(27,28)24-7-5-14(6-8-24)18(25)22-9-11-23(12-10-22)19(26)16-4-3-15(21)13-17(16)20/h3-4,13-14H,2,5-12H2,1H3. The number of piperazine rings is 1. The molecule has 3 rings (SSSR count). The van der Waals surface area contributed by atoms with Crippen molar-refractivity contribution in [2.24, 2.45) is 5.92 Å². The lowest BCUT2D eigenvalue weighted by Crippen LogP contribution is -2.53. The van der Waals surface area contributed by atoms with Gasteiger partial charge in [0, 0.05) is 45.2 Å². The fourth-order valence-electron chi connectivity index (χ4n) is 3.78. The minimum atomic E-state index is -3.21. The Morgan fingerprint density at radius 1 is 1.07 bits per heavy atom. The Balaban J connectivity index is 1.53. The SMILES string of the molecule is CCS(=O)(=O)N1CCC(C(=O)N2CCN(C(=O)c3ccc(F)cc3Cl)CC2)CC1. The summed E-state index contributed by atoms with van der Waals surface area (Å²) < 4.78 is 38.6. The number of rotatable bonds is 4. The van der Waals surface area contributed by atoms with E-state index in [0.29, 0.717) is 52.1 Å². The van der Waals surface area contributed by atoms with Gasteiger partial charge in [0.2, 0.25) is 15.9 Å². The Hall–Kier alpha value is -1.71. The van der Waals surface area contributed by atoms with E-state index >= 15 is 0 Å². The molecule has 0 unspecified atom stereocenters. The highest BCUT2D eigenvalue weighted by Crippen LogP contribution is 2.24. The smallest absolute Gasteiger partial charge is 0.255 e. The molecule has 0 atom stereocenters. The predicted octanol–water partition coefficient (Wildman–Crippen LogP) is 1.83. The van der Waals surface area contributed by atoms with Crippen molar-refractivity contribution in [2.75, 3.05) is 45.0 Å². The summed E-state index contributed by atoms with van der Waals surface area (Å²) in [4.78, 5) is 28.8. The summed E-state index contributed by atoms with van der Waals surface area (Å²) in [5, 5.41) is 0.0716. The third kappa shape index (κ3) is 4.90. The van der Waals surface area contributed by atoms with Crippen LogP contribution in [0, 0.1) is 11.7 Å². The molecule has 0 saturated carbocycles. The molecule has 1 aromatic carbocycles. The van der Waals surface area contributed by atoms with Gasteiger partial charge in [-0.25, -0.2) is 17.1 Å². The maximum Gasteiger partial charge on any atom is 0.255 e. The van der Waals surface area contributed by atoms with E-state index in [2.05, 4.69) is 0 Å². The molecule has 0 aromatic heterocycles. The lowest BCUT2D eigenvalue weighted by Gasteiger charge is -2.38. The van der Waals surface area contributed by atoms with Crippen LogP contribution in [0.25, 0.3) is 0 Å². The minimum absolute atomic E-state index is 0.0189. The van der Waals surface area contributed by atoms with E-state index in [0.717, 1.165) is 6.07 Å². The molecule has 2 saturated heterocycles. The summed E-state index contributed by atoms with van der Waals surface area (Å²) in [6.45, 7) is 3.94. The lowest BCUT2D eigenvalue weighted by atomic mass is 9.96. The first kappa shape index (κ1) is 22.0. The summed E-state index contributed by atoms with van der Waals surface area (Å²) in [5.74, 6) is -0.878. The Morgan fingerprint density at radius 3 is 2.21 bits per heavy atom. The van der Waals surface area contributed by atoms with Crippen LogP contribution in [0.1, 0.15) is 30.1 Å². The molecule has 0 radical (unpaired) electrons. The van der Waals surface area contributed by atoms with E-state index in [4.69, 9.17) is 11.6 Å². The third-order valence-electron chi connectivity index (χ3n) is 5.60. The topological polar surface area (TPSA) is 78.0 Å². The van der Waals surface area contributed by atoms with E-state index in [9.17, 15) is 22.4 Å². The summed E-state index contributed by atoms with van der Waals surface area (Å²) in [6, 6.07) is 3.68. The van der Waals surface area contributed by atoms with Gasteiger partial charge in [-0.1, -0.05) is 11.6 Å². The van der Waals surface area contributed by atoms with Gasteiger partial charge in [0.25, 0.3) is 5.91 Å². The molecular formula is C19H25ClFN3O4S. The minimum Gasteiger partial charge on any atom is -0.339 e. The summed E-state index contributed by atoms with van der Waals surface area (Å²) in [7, 11) is -3.21. The predicted molar refractivity (Wildman–Crippen MR) is 108 cm³/mol. The maximum atomic E-state index is 13.2. The van der Waals surface area contributed by atoms with Gasteiger partial charge in [0.15, 0.2) is 0 Å². The molecule has 2 heterocycles. The first-order valence-corrected chi connectivity index (χ1v) is 11.7. The molecule has 1 aromatic rings. The Morgan fingerprint density at radius 2 is 1.66 bits per heavy atom. The number of halogens is 2. The molecule has 0 aliphatic carbocycles. The summed E-state index contributed by atoms with van der Waals surface area (Å²) in [5.41, 5.74) is 0.248. The normalized spacial score (nSPS) is 19.4. The molecule has 0 bridgehead atoms. The van der Waals surface area contributed by atoms with Crippen LogP contribution in [0.15, 0.2) is 18.2 Å². The van der Waals surface area contributed by atoms with Crippen molar-refractivity contribution in [1.82, 2.24) is 14.1 Å². The number of benzene rings is 1. The molecule has 160 valence electrons. The van der Waals surface area contributed by atoms with Crippen molar-refractivity contribution in [3.8, 4) is 0 Å². The molecule has 0 N–H and O–H groups in total. The van der Waals surface area contributed by atoms with Crippen molar-refractivity contribution in [3.05, 3.63) is 34.6 Å². The number of sulfonamides is 1. The van der Waals surface area contributed by atoms with Crippen LogP contribution in [0.4, 0.5) is 4.39 Å². The number of nitrogens with zero attached hydrogens (tertiary/aromatic N) is 3. The summed E-state index contributed by atoms with van der Waals surface area (Å²) in [6.07, 6.45) is 1.03. The van der Waals surface area contributed by atoms with Crippen LogP contribution in [0.3, 0.4) is 0 Å². The molecule has 29 heavy (non-hydrogen) atoms. The second-order valence-corrected chi connectivity index (χ2v) is 9.98. The largest absolute Gasteiger partial charge is 0.339 e. The molecule has 2 aliphatic rings. The van der Waals surface area contributed by atoms with Gasteiger partial charge in [0.05, 0.1) is 16.3 Å². The quantitative estimate of drug-likeness (QED) is 0.708. The van der Waals surface area contributed by atoms with Crippen LogP contribution in [-0.4, -0.2) is 79.4 Å². The molecular weight excluding hydrogens is 421 g/mol. The first-order valence-electron chi connectivity index (χ1n) is 9.74. The van der Waals surface area contributed by atoms with Crippen molar-refractivity contribution in [2.45, 2.75) is 19.8 Å². The number of piperidine rings is 1. The molecule has 2 aliphatic heterocycles. The van der Waals surface area contributed by atoms with E-state index in [1.807, 2.05) is 0 Å². The van der Waals surface area contributed by atoms with E-state index < -0.39 is 15.8 Å². The fourth-order valence-corrected chi connectivity index (χ4v) is 5.17. The molecule has 7 nitrogen and oxygen atoms in total. The third-order valence-corrected chi connectivity index (χ3v) is 7.80. The number of carbonyl (C=O) groups is 2. The second-order valence-electron chi connectivity index (χ2n) is 7.32. The van der Waals surface area contributed by atoms with E-state index in [1.54, 1.807) is 16.7 Å². The lowest BCUT2D eigenvalue weighted by molar-refractivity contribution is -0.138. The van der Waals surface area contributed by atoms with Gasteiger partial charge in [-0.3, -0.25) is 9.59 Å². The second kappa shape index (κ2) is 8.97. The van der Waals surface area contributed by atoms with E-state index in [-0.39, 0.29) is 34.1 Å². The van der Waals surface area contributed by atoms with Gasteiger partial charge >= 0.3 is 0 Å². The van der Waals surface area contributed by atoms with Gasteiger partial charge in [-0.05, 0) is 38.0 Å². The highest BCUT2D eigenvalue weighted by molar-refractivity contribution is 7.89. The molecule has 0 spiro atoms. The van der Waals surface area contributed by atoms with Crippen molar-refractivity contribution in [3.63, 3.8) is 0 Å². The average Bonchev–Trinajstić information content (AvgIpc) is 2.73. The van der Waals surface area contributed by atoms with E-state index in [1.165, 1.54) is 16.4 Å². The van der Waals surface area contributed by atoms with Crippen LogP contribution in [0.2, 0.25) is 5.02 Å². The van der Waals surface area contributed by atoms with Crippen LogP contribution < -0.4 is 0 Å². The molecule has 2 fully saturated rings. The fraction of sp³-hybridized carbons (Fsp3) is 0.579. The summed E-state index contributed by atoms with van der Waals surface area (Å²) >= 11 is 5.98. The number of carbonyl (C=O) groups excluding carboxylic acids is 2. The Bertz CT molecular complexity index is 879. The van der Waals surface area contributed by atoms with Gasteiger partial charge in [-0.15, -0.1) is 0 Å². The van der Waals surface area contributed by atoms with Crippen LogP contribution in [0.5, 0.6) is 0 Å². The zero-order valence-corrected chi connectivity index (χ0v) is 17.9. The molecule has 2 amide bonds. The number of hydrogen-bond donors (Lipinski definition) is 0. The van der Waals surface area contributed by atoms with Gasteiger partial charge in [-0.2, -0.15) is 0 Å². The zero-order valence-electron chi connectivity index (χ0n) is 16.3. The highest BCUT2D eigenvalue weighted by Gasteiger charge is 2.34. The van der Waals surface area contributed by atoms with Gasteiger partial charge in [0.1, 0.15) is 5.82 Å². The van der Waals surface area contributed by atoms with Gasteiger partial charge < -0.3 is 9.80 Å². The molecule has 10 heteroatoms. The van der Waals surface area contributed by atoms with Crippen molar-refractivity contribution >= 4 is 33.4 Å². The average molecular weight is 446 g/mol. The Labute approximate surface area is 175 Å². The number of hydrogen-bond acceptors (Lipinski definition) is 4. The number of amides is 2. The Kier molecular flexibility index (Phi) is 6.80. The maximum absolute atomic E-state index is 13.2. The zero-order chi connectivity index (χ0) is 21.2. The first-order chi connectivity index (χ1) is 13.7. The monoisotopic (exact) mass is 445 g/mol. The highest BCUT2D eigenvalue weighted by atomic mass is 35.5. The van der Waals surface area contributed by atoms with Crippen molar-refractivity contribution < 1.29 is 22.4 Å². The van der Waals surface area contributed by atoms with Crippen LogP contribution >= 0.6 is 11.6 Å². The van der Waals surface area contributed by atoms with Crippen molar-refractivity contribution in [1.29, 1.82) is 0 Å².